The largest absolute Gasteiger partial charge is 0.461 e. The summed E-state index contributed by atoms with van der Waals surface area (Å²) in [4.78, 5) is 12.0. The minimum atomic E-state index is -1.86. The molecule has 0 amide bonds. The summed E-state index contributed by atoms with van der Waals surface area (Å²) in [5.74, 6) is -1.13. The maximum absolute atomic E-state index is 12.0. The number of hydrogen-bond acceptors (Lipinski definition) is 14. The molecule has 0 radical (unpaired) electrons. The van der Waals surface area contributed by atoms with Crippen molar-refractivity contribution in [2.24, 2.45) is 5.41 Å². The summed E-state index contributed by atoms with van der Waals surface area (Å²) in [7, 11) is 0. The van der Waals surface area contributed by atoms with Crippen LogP contribution in [0.4, 0.5) is 0 Å². The van der Waals surface area contributed by atoms with E-state index in [1.54, 1.807) is 0 Å². The number of carbonyl (C=O) groups excluding carboxylic acids is 1. The molecule has 0 saturated carbocycles. The van der Waals surface area contributed by atoms with E-state index in [0.717, 1.165) is 0 Å². The van der Waals surface area contributed by atoms with Crippen LogP contribution in [0.25, 0.3) is 0 Å². The van der Waals surface area contributed by atoms with Gasteiger partial charge in [-0.05, 0) is 0 Å². The smallest absolute Gasteiger partial charge is 0.335 e. The number of aliphatic hydroxyl groups excluding tert-OH is 9. The second-order valence-corrected chi connectivity index (χ2v) is 8.52. The number of carbonyl (C=O) groups is 1. The second kappa shape index (κ2) is 10.9. The Bertz CT molecular complexity index is 614. The molecule has 2 saturated heterocycles. The van der Waals surface area contributed by atoms with Crippen molar-refractivity contribution in [2.75, 3.05) is 19.8 Å². The number of rotatable bonds is 8. The summed E-state index contributed by atoms with van der Waals surface area (Å²) in [5.41, 5.74) is -1.22. The van der Waals surface area contributed by atoms with E-state index in [4.69, 9.17) is 18.9 Å². The molecule has 2 aliphatic rings. The summed E-state index contributed by atoms with van der Waals surface area (Å²) in [5, 5.41) is 88.6. The summed E-state index contributed by atoms with van der Waals surface area (Å²) in [6.07, 6.45) is -18.6. The zero-order chi connectivity index (χ0) is 24.4. The van der Waals surface area contributed by atoms with Crippen molar-refractivity contribution < 1.29 is 69.7 Å². The third-order valence-electron chi connectivity index (χ3n) is 5.56. The maximum atomic E-state index is 12.0. The van der Waals surface area contributed by atoms with Gasteiger partial charge in [0.25, 0.3) is 0 Å². The van der Waals surface area contributed by atoms with Crippen molar-refractivity contribution in [1.29, 1.82) is 0 Å². The molecular formula is C18H32O14. The first-order valence-corrected chi connectivity index (χ1v) is 9.97. The van der Waals surface area contributed by atoms with Gasteiger partial charge in [0.2, 0.25) is 0 Å². The fraction of sp³-hybridized carbons (Fsp3) is 0.944. The summed E-state index contributed by atoms with van der Waals surface area (Å²) in [6.45, 7) is 0.867. The summed E-state index contributed by atoms with van der Waals surface area (Å²) < 4.78 is 20.6. The number of aliphatic hydroxyl groups is 9. The van der Waals surface area contributed by atoms with E-state index in [1.807, 2.05) is 0 Å². The van der Waals surface area contributed by atoms with E-state index in [2.05, 4.69) is 0 Å². The molecule has 0 spiro atoms. The lowest BCUT2D eigenvalue weighted by atomic mass is 9.87. The van der Waals surface area contributed by atoms with E-state index in [0.29, 0.717) is 0 Å². The molecule has 0 aromatic rings. The third kappa shape index (κ3) is 5.72. The molecule has 2 aliphatic heterocycles. The Morgan fingerprint density at radius 1 is 0.906 bits per heavy atom. The Labute approximate surface area is 183 Å². The molecule has 2 rings (SSSR count). The molecule has 11 atom stereocenters. The lowest BCUT2D eigenvalue weighted by Gasteiger charge is -2.45. The Kier molecular flexibility index (Phi) is 9.31. The predicted molar refractivity (Wildman–Crippen MR) is 99.4 cm³/mol. The van der Waals surface area contributed by atoms with Gasteiger partial charge in [-0.25, -0.2) is 4.79 Å². The zero-order valence-electron chi connectivity index (χ0n) is 17.5. The first-order valence-electron chi connectivity index (χ1n) is 9.97. The standard InChI is InChI=1S/C18H32O14/c1-18(2,5-20)14(26)16(28)29-4-7-8(21)9(22)12(25)17(31-7)32-13-6(3-19)30-15(27)11(24)10(13)23/h6-15,17,19-27H,3-5H2,1-2H3/t6-,7-,8+,9+,10-,11-,12-,13-,14?,15+,17+/m1/s1. The van der Waals surface area contributed by atoms with Crippen LogP contribution in [0.2, 0.25) is 0 Å². The van der Waals surface area contributed by atoms with Crippen LogP contribution in [0.15, 0.2) is 0 Å². The fourth-order valence-corrected chi connectivity index (χ4v) is 3.21. The van der Waals surface area contributed by atoms with Gasteiger partial charge >= 0.3 is 5.97 Å². The summed E-state index contributed by atoms with van der Waals surface area (Å²) in [6, 6.07) is 0. The molecule has 188 valence electrons. The lowest BCUT2D eigenvalue weighted by molar-refractivity contribution is -0.355. The van der Waals surface area contributed by atoms with Crippen molar-refractivity contribution in [2.45, 2.75) is 81.4 Å². The van der Waals surface area contributed by atoms with Gasteiger partial charge in [-0.2, -0.15) is 0 Å². The van der Waals surface area contributed by atoms with Crippen molar-refractivity contribution in [1.82, 2.24) is 0 Å². The number of esters is 1. The highest BCUT2D eigenvalue weighted by atomic mass is 16.7. The number of ether oxygens (including phenoxy) is 4. The van der Waals surface area contributed by atoms with Gasteiger partial charge in [0, 0.05) is 5.41 Å². The fourth-order valence-electron chi connectivity index (χ4n) is 3.21. The first kappa shape index (κ1) is 27.2. The van der Waals surface area contributed by atoms with Gasteiger partial charge < -0.3 is 64.9 Å². The average molecular weight is 472 g/mol. The van der Waals surface area contributed by atoms with Gasteiger partial charge in [-0.3, -0.25) is 0 Å². The Morgan fingerprint density at radius 3 is 2.09 bits per heavy atom. The van der Waals surface area contributed by atoms with Gasteiger partial charge in [0.05, 0.1) is 13.2 Å². The van der Waals surface area contributed by atoms with Crippen molar-refractivity contribution in [3.8, 4) is 0 Å². The summed E-state index contributed by atoms with van der Waals surface area (Å²) >= 11 is 0. The Balaban J connectivity index is 2.07. The minimum absolute atomic E-state index is 0.523. The third-order valence-corrected chi connectivity index (χ3v) is 5.56. The zero-order valence-corrected chi connectivity index (χ0v) is 17.5. The topological polar surface area (TPSA) is 236 Å². The van der Waals surface area contributed by atoms with Gasteiger partial charge in [0.15, 0.2) is 18.7 Å². The second-order valence-electron chi connectivity index (χ2n) is 8.52. The molecule has 2 fully saturated rings. The Hall–Kier alpha value is -1.01. The van der Waals surface area contributed by atoms with Gasteiger partial charge in [-0.1, -0.05) is 13.8 Å². The van der Waals surface area contributed by atoms with Crippen LogP contribution < -0.4 is 0 Å². The van der Waals surface area contributed by atoms with E-state index in [1.165, 1.54) is 13.8 Å². The van der Waals surface area contributed by atoms with Gasteiger partial charge in [-0.15, -0.1) is 0 Å². The molecular weight excluding hydrogens is 440 g/mol. The van der Waals surface area contributed by atoms with E-state index < -0.39 is 98.7 Å². The molecule has 1 unspecified atom stereocenters. The molecule has 0 aromatic carbocycles. The van der Waals surface area contributed by atoms with Crippen molar-refractivity contribution >= 4 is 5.97 Å². The van der Waals surface area contributed by atoms with Crippen LogP contribution >= 0.6 is 0 Å². The monoisotopic (exact) mass is 472 g/mol. The normalized spacial score (nSPS) is 41.8. The van der Waals surface area contributed by atoms with Crippen molar-refractivity contribution in [3.05, 3.63) is 0 Å². The van der Waals surface area contributed by atoms with E-state index >= 15 is 0 Å². The maximum Gasteiger partial charge on any atom is 0.335 e. The van der Waals surface area contributed by atoms with Crippen LogP contribution in [-0.4, -0.2) is 139 Å². The van der Waals surface area contributed by atoms with Crippen LogP contribution in [0.5, 0.6) is 0 Å². The first-order chi connectivity index (χ1) is 14.8. The molecule has 0 aromatic heterocycles. The molecule has 14 heteroatoms. The SMILES string of the molecule is CC(C)(CO)C(O)C(=O)OC[C@H]1O[C@@H](O[C@H]2[C@H](O)[C@@H](O)[C@@H](O)O[C@@H]2CO)[C@H](O)[C@@H](O)[C@H]1O. The molecule has 9 N–H and O–H groups in total. The number of hydrogen-bond donors (Lipinski definition) is 9. The highest BCUT2D eigenvalue weighted by Gasteiger charge is 2.50. The van der Waals surface area contributed by atoms with E-state index in [-0.39, 0.29) is 0 Å². The average Bonchev–Trinajstić information content (AvgIpc) is 2.77. The molecule has 2 heterocycles. The van der Waals surface area contributed by atoms with Crippen LogP contribution in [0, 0.1) is 5.41 Å². The highest BCUT2D eigenvalue weighted by molar-refractivity contribution is 5.75. The quantitative estimate of drug-likeness (QED) is 0.150. The Morgan fingerprint density at radius 2 is 1.53 bits per heavy atom. The predicted octanol–water partition coefficient (Wildman–Crippen LogP) is -5.47. The minimum Gasteiger partial charge on any atom is -0.461 e. The van der Waals surface area contributed by atoms with Crippen LogP contribution in [-0.2, 0) is 23.7 Å². The molecule has 32 heavy (non-hydrogen) atoms. The van der Waals surface area contributed by atoms with Crippen molar-refractivity contribution in [3.63, 3.8) is 0 Å². The van der Waals surface area contributed by atoms with Crippen LogP contribution in [0.3, 0.4) is 0 Å². The van der Waals surface area contributed by atoms with E-state index in [9.17, 15) is 50.8 Å². The molecule has 0 aliphatic carbocycles. The van der Waals surface area contributed by atoms with Gasteiger partial charge in [0.1, 0.15) is 55.4 Å². The molecule has 14 nitrogen and oxygen atoms in total. The molecule has 0 bridgehead atoms. The highest BCUT2D eigenvalue weighted by Crippen LogP contribution is 2.29. The lowest BCUT2D eigenvalue weighted by Crippen LogP contribution is -2.64. The van der Waals surface area contributed by atoms with Crippen LogP contribution in [0.1, 0.15) is 13.8 Å².